The Bertz CT molecular complexity index is 1250. The number of anilines is 1. The summed E-state index contributed by atoms with van der Waals surface area (Å²) in [6, 6.07) is 17.1. The molecule has 4 aromatic rings. The summed E-state index contributed by atoms with van der Waals surface area (Å²) < 4.78 is 32.4. The quantitative estimate of drug-likeness (QED) is 0.447. The Labute approximate surface area is 179 Å². The number of hydrogen-bond acceptors (Lipinski definition) is 6. The van der Waals surface area contributed by atoms with Crippen LogP contribution in [0.4, 0.5) is 5.88 Å². The van der Waals surface area contributed by atoms with Gasteiger partial charge in [0.15, 0.2) is 0 Å². The van der Waals surface area contributed by atoms with E-state index >= 15 is 0 Å². The van der Waals surface area contributed by atoms with Gasteiger partial charge in [-0.05, 0) is 55.0 Å². The van der Waals surface area contributed by atoms with E-state index in [4.69, 9.17) is 16.0 Å². The topological polar surface area (TPSA) is 85.1 Å². The Kier molecular flexibility index (Phi) is 5.57. The molecule has 0 aliphatic heterocycles. The van der Waals surface area contributed by atoms with Gasteiger partial charge in [0.05, 0.1) is 4.90 Å². The van der Waals surface area contributed by atoms with Crippen molar-refractivity contribution in [1.82, 2.24) is 9.97 Å². The molecule has 0 fully saturated rings. The minimum absolute atomic E-state index is 0.0735. The summed E-state index contributed by atoms with van der Waals surface area (Å²) in [5.41, 5.74) is 2.46. The molecule has 0 aliphatic carbocycles. The number of pyridine rings is 1. The molecule has 1 N–H and O–H groups in total. The van der Waals surface area contributed by atoms with Gasteiger partial charge < -0.3 is 9.73 Å². The number of hydrogen-bond donors (Lipinski definition) is 1. The fourth-order valence-corrected chi connectivity index (χ4v) is 4.23. The molecule has 0 spiro atoms. The Morgan fingerprint density at radius 1 is 1.03 bits per heavy atom. The normalized spacial score (nSPS) is 11.4. The number of nitrogens with one attached hydrogen (secondary N) is 1. The first-order valence-electron chi connectivity index (χ1n) is 9.15. The number of aryl methyl sites for hydroxylation is 1. The molecule has 2 aromatic carbocycles. The van der Waals surface area contributed by atoms with Crippen LogP contribution in [-0.2, 0) is 16.4 Å². The molecule has 8 heteroatoms. The molecule has 0 amide bonds. The average molecular weight is 440 g/mol. The van der Waals surface area contributed by atoms with E-state index in [1.807, 2.05) is 13.0 Å². The highest BCUT2D eigenvalue weighted by atomic mass is 35.5. The molecule has 0 radical (unpaired) electrons. The lowest BCUT2D eigenvalue weighted by atomic mass is 10.2. The van der Waals surface area contributed by atoms with Crippen LogP contribution in [0.2, 0.25) is 5.02 Å². The van der Waals surface area contributed by atoms with Gasteiger partial charge in [0.2, 0.25) is 26.6 Å². The van der Waals surface area contributed by atoms with Crippen molar-refractivity contribution >= 4 is 27.3 Å². The molecule has 0 unspecified atom stereocenters. The molecular weight excluding hydrogens is 422 g/mol. The van der Waals surface area contributed by atoms with Crippen LogP contribution in [0.1, 0.15) is 11.1 Å². The zero-order valence-corrected chi connectivity index (χ0v) is 17.6. The first kappa shape index (κ1) is 20.1. The maximum Gasteiger partial charge on any atom is 0.234 e. The van der Waals surface area contributed by atoms with Crippen molar-refractivity contribution in [2.45, 2.75) is 23.4 Å². The Balaban J connectivity index is 1.76. The molecule has 30 heavy (non-hydrogen) atoms. The summed E-state index contributed by atoms with van der Waals surface area (Å²) in [5.74, 6) is 0.260. The van der Waals surface area contributed by atoms with Crippen LogP contribution in [-0.4, -0.2) is 18.4 Å². The van der Waals surface area contributed by atoms with Gasteiger partial charge in [-0.2, -0.15) is 4.98 Å². The van der Waals surface area contributed by atoms with Crippen molar-refractivity contribution in [1.29, 1.82) is 0 Å². The largest absolute Gasteiger partial charge is 0.419 e. The fourth-order valence-electron chi connectivity index (χ4n) is 2.83. The number of aromatic nitrogens is 2. The molecule has 0 aliphatic rings. The number of rotatable bonds is 6. The van der Waals surface area contributed by atoms with Crippen molar-refractivity contribution in [3.63, 3.8) is 0 Å². The molecule has 0 saturated carbocycles. The van der Waals surface area contributed by atoms with Gasteiger partial charge in [-0.15, -0.1) is 0 Å². The van der Waals surface area contributed by atoms with Crippen LogP contribution in [0.3, 0.4) is 0 Å². The van der Waals surface area contributed by atoms with E-state index in [2.05, 4.69) is 15.3 Å². The average Bonchev–Trinajstić information content (AvgIpc) is 3.19. The highest BCUT2D eigenvalue weighted by Crippen LogP contribution is 2.33. The monoisotopic (exact) mass is 439 g/mol. The van der Waals surface area contributed by atoms with Crippen LogP contribution in [0.5, 0.6) is 0 Å². The number of oxazole rings is 1. The van der Waals surface area contributed by atoms with E-state index in [1.54, 1.807) is 67.0 Å². The SMILES string of the molecule is Cc1ccc(S(=O)(=O)c2nc(-c3ccc(Cl)cc3)oc2NCc2cccnc2)cc1. The number of sulfone groups is 1. The molecule has 0 saturated heterocycles. The lowest BCUT2D eigenvalue weighted by molar-refractivity contribution is 0.576. The standard InChI is InChI=1S/C22H18ClN3O3S/c1-15-4-10-19(11-5-15)30(27,28)22-21(25-14-16-3-2-12-24-13-16)29-20(26-22)17-6-8-18(23)9-7-17/h2-13,25H,14H2,1H3. The van der Waals surface area contributed by atoms with Crippen LogP contribution in [0.15, 0.2) is 87.4 Å². The zero-order chi connectivity index (χ0) is 21.1. The van der Waals surface area contributed by atoms with Crippen molar-refractivity contribution in [2.75, 3.05) is 5.32 Å². The van der Waals surface area contributed by atoms with Crippen molar-refractivity contribution < 1.29 is 12.8 Å². The lowest BCUT2D eigenvalue weighted by Crippen LogP contribution is -2.07. The van der Waals surface area contributed by atoms with Crippen molar-refractivity contribution in [3.8, 4) is 11.5 Å². The molecule has 0 bridgehead atoms. The van der Waals surface area contributed by atoms with Crippen molar-refractivity contribution in [2.24, 2.45) is 0 Å². The predicted octanol–water partition coefficient (Wildman–Crippen LogP) is 5.14. The van der Waals surface area contributed by atoms with Crippen LogP contribution in [0, 0.1) is 6.92 Å². The van der Waals surface area contributed by atoms with Gasteiger partial charge >= 0.3 is 0 Å². The number of halogens is 1. The second-order valence-corrected chi connectivity index (χ2v) is 8.99. The van der Waals surface area contributed by atoms with E-state index in [0.29, 0.717) is 17.1 Å². The van der Waals surface area contributed by atoms with Gasteiger partial charge in [0.25, 0.3) is 0 Å². The predicted molar refractivity (Wildman–Crippen MR) is 115 cm³/mol. The van der Waals surface area contributed by atoms with Crippen LogP contribution >= 0.6 is 11.6 Å². The summed E-state index contributed by atoms with van der Waals surface area (Å²) in [7, 11) is -3.90. The Hall–Kier alpha value is -3.16. The Morgan fingerprint density at radius 2 is 1.77 bits per heavy atom. The summed E-state index contributed by atoms with van der Waals surface area (Å²) in [6.07, 6.45) is 3.36. The first-order valence-corrected chi connectivity index (χ1v) is 11.0. The maximum atomic E-state index is 13.3. The second kappa shape index (κ2) is 8.30. The van der Waals surface area contributed by atoms with E-state index in [9.17, 15) is 8.42 Å². The third-order valence-corrected chi connectivity index (χ3v) is 6.38. The van der Waals surface area contributed by atoms with Gasteiger partial charge in [-0.3, -0.25) is 4.98 Å². The van der Waals surface area contributed by atoms with E-state index in [0.717, 1.165) is 11.1 Å². The third-order valence-electron chi connectivity index (χ3n) is 4.45. The highest BCUT2D eigenvalue weighted by molar-refractivity contribution is 7.91. The Morgan fingerprint density at radius 3 is 2.43 bits per heavy atom. The van der Waals surface area contributed by atoms with Crippen molar-refractivity contribution in [3.05, 3.63) is 89.2 Å². The smallest absolute Gasteiger partial charge is 0.234 e. The molecule has 2 heterocycles. The molecule has 0 atom stereocenters. The molecule has 152 valence electrons. The minimum Gasteiger partial charge on any atom is -0.419 e. The maximum absolute atomic E-state index is 13.3. The lowest BCUT2D eigenvalue weighted by Gasteiger charge is -2.06. The second-order valence-electron chi connectivity index (χ2n) is 6.69. The first-order chi connectivity index (χ1) is 14.4. The van der Waals surface area contributed by atoms with Gasteiger partial charge in [0.1, 0.15) is 0 Å². The van der Waals surface area contributed by atoms with Gasteiger partial charge in [-0.25, -0.2) is 8.42 Å². The summed E-state index contributed by atoms with van der Waals surface area (Å²) in [4.78, 5) is 8.53. The van der Waals surface area contributed by atoms with Gasteiger partial charge in [-0.1, -0.05) is 35.4 Å². The summed E-state index contributed by atoms with van der Waals surface area (Å²) in [6.45, 7) is 2.23. The molecule has 2 aromatic heterocycles. The molecular formula is C22H18ClN3O3S. The highest BCUT2D eigenvalue weighted by Gasteiger charge is 2.28. The minimum atomic E-state index is -3.90. The molecule has 6 nitrogen and oxygen atoms in total. The summed E-state index contributed by atoms with van der Waals surface area (Å²) in [5, 5.41) is 3.44. The third kappa shape index (κ3) is 4.22. The summed E-state index contributed by atoms with van der Waals surface area (Å²) >= 11 is 5.95. The van der Waals surface area contributed by atoms with Crippen LogP contribution in [0.25, 0.3) is 11.5 Å². The zero-order valence-electron chi connectivity index (χ0n) is 16.0. The van der Waals surface area contributed by atoms with Gasteiger partial charge in [0, 0.05) is 29.5 Å². The fraction of sp³-hybridized carbons (Fsp3) is 0.0909. The number of nitrogens with zero attached hydrogens (tertiary/aromatic N) is 2. The molecule has 4 rings (SSSR count). The van der Waals surface area contributed by atoms with Crippen LogP contribution < -0.4 is 5.32 Å². The van der Waals surface area contributed by atoms with E-state index in [1.165, 1.54) is 0 Å². The van der Waals surface area contributed by atoms with E-state index < -0.39 is 9.84 Å². The number of benzene rings is 2. The van der Waals surface area contributed by atoms with E-state index in [-0.39, 0.29) is 21.7 Å².